The minimum atomic E-state index is 0.591. The van der Waals surface area contributed by atoms with Crippen molar-refractivity contribution in [2.24, 2.45) is 5.92 Å². The van der Waals surface area contributed by atoms with Gasteiger partial charge in [-0.3, -0.25) is 0 Å². The first-order valence-corrected chi connectivity index (χ1v) is 12.7. The summed E-state index contributed by atoms with van der Waals surface area (Å²) in [6.07, 6.45) is 8.21. The van der Waals surface area contributed by atoms with Crippen molar-refractivity contribution >= 4 is 11.8 Å². The highest BCUT2D eigenvalue weighted by molar-refractivity contribution is 5.77. The van der Waals surface area contributed by atoms with Gasteiger partial charge >= 0.3 is 0 Å². The van der Waals surface area contributed by atoms with Crippen LogP contribution < -0.4 is 9.64 Å². The minimum absolute atomic E-state index is 0.591. The molecule has 0 radical (unpaired) electrons. The Bertz CT molecular complexity index is 900. The average Bonchev–Trinajstić information content (AvgIpc) is 3.00. The summed E-state index contributed by atoms with van der Waals surface area (Å²) in [6, 6.07) is 15.3. The highest BCUT2D eigenvalue weighted by atomic mass is 16.5. The van der Waals surface area contributed by atoms with Crippen LogP contribution >= 0.6 is 0 Å². The average molecular weight is 450 g/mol. The molecule has 4 rings (SSSR count). The SMILES string of the molecule is CCCCOCCOc1ccc(-c2ccc3c(c2)C=C(C)CCN3CC2CCCOC2)cc1. The van der Waals surface area contributed by atoms with E-state index in [0.29, 0.717) is 19.1 Å². The zero-order valence-corrected chi connectivity index (χ0v) is 20.4. The number of ether oxygens (including phenoxy) is 3. The van der Waals surface area contributed by atoms with Crippen molar-refractivity contribution in [1.82, 2.24) is 0 Å². The Morgan fingerprint density at radius 2 is 1.88 bits per heavy atom. The third kappa shape index (κ3) is 6.84. The van der Waals surface area contributed by atoms with Gasteiger partial charge in [0.2, 0.25) is 0 Å². The van der Waals surface area contributed by atoms with Crippen LogP contribution in [-0.4, -0.2) is 46.1 Å². The van der Waals surface area contributed by atoms with Crippen LogP contribution in [0.15, 0.2) is 48.0 Å². The maximum absolute atomic E-state index is 5.83. The summed E-state index contributed by atoms with van der Waals surface area (Å²) < 4.78 is 17.1. The van der Waals surface area contributed by atoms with Crippen LogP contribution in [0, 0.1) is 5.92 Å². The Kier molecular flexibility index (Phi) is 8.85. The highest BCUT2D eigenvalue weighted by Crippen LogP contribution is 2.33. The molecule has 0 aromatic heterocycles. The standard InChI is InChI=1S/C29H39NO3/c1-3-4-15-31-17-18-33-28-10-7-25(8-11-28)26-9-12-29-27(20-26)19-23(2)13-14-30(29)21-24-6-5-16-32-22-24/h7-12,19-20,24H,3-6,13-18,21-22H2,1-2H3. The Hall–Kier alpha value is -2.30. The monoisotopic (exact) mass is 449 g/mol. The van der Waals surface area contributed by atoms with Crippen molar-refractivity contribution in [1.29, 1.82) is 0 Å². The van der Waals surface area contributed by atoms with Gasteiger partial charge in [0.25, 0.3) is 0 Å². The van der Waals surface area contributed by atoms with E-state index in [-0.39, 0.29) is 0 Å². The Morgan fingerprint density at radius 3 is 2.67 bits per heavy atom. The van der Waals surface area contributed by atoms with Crippen LogP contribution in [-0.2, 0) is 9.47 Å². The molecule has 2 aromatic rings. The predicted octanol–water partition coefficient (Wildman–Crippen LogP) is 6.59. The van der Waals surface area contributed by atoms with Gasteiger partial charge in [0.05, 0.1) is 13.2 Å². The number of hydrogen-bond donors (Lipinski definition) is 0. The molecule has 1 saturated heterocycles. The summed E-state index contributed by atoms with van der Waals surface area (Å²) in [4.78, 5) is 2.57. The second-order valence-electron chi connectivity index (χ2n) is 9.38. The van der Waals surface area contributed by atoms with E-state index >= 15 is 0 Å². The van der Waals surface area contributed by atoms with Gasteiger partial charge in [0.1, 0.15) is 12.4 Å². The van der Waals surface area contributed by atoms with E-state index in [1.165, 1.54) is 40.8 Å². The maximum atomic E-state index is 5.83. The molecule has 2 aliphatic rings. The molecule has 4 nitrogen and oxygen atoms in total. The van der Waals surface area contributed by atoms with Gasteiger partial charge in [-0.05, 0) is 79.5 Å². The summed E-state index contributed by atoms with van der Waals surface area (Å²) in [5.74, 6) is 1.53. The molecule has 2 heterocycles. The number of benzene rings is 2. The van der Waals surface area contributed by atoms with E-state index in [0.717, 1.165) is 57.9 Å². The van der Waals surface area contributed by atoms with Crippen molar-refractivity contribution in [3.63, 3.8) is 0 Å². The first kappa shape index (κ1) is 23.8. The number of fused-ring (bicyclic) bond motifs is 1. The third-order valence-electron chi connectivity index (χ3n) is 6.61. The van der Waals surface area contributed by atoms with Crippen molar-refractivity contribution in [3.05, 3.63) is 53.6 Å². The van der Waals surface area contributed by atoms with E-state index < -0.39 is 0 Å². The van der Waals surface area contributed by atoms with Crippen molar-refractivity contribution < 1.29 is 14.2 Å². The van der Waals surface area contributed by atoms with Crippen LogP contribution in [0.5, 0.6) is 5.75 Å². The zero-order valence-electron chi connectivity index (χ0n) is 20.4. The van der Waals surface area contributed by atoms with Gasteiger partial charge in [0, 0.05) is 32.0 Å². The van der Waals surface area contributed by atoms with Crippen LogP contribution in [0.4, 0.5) is 5.69 Å². The second-order valence-corrected chi connectivity index (χ2v) is 9.38. The Labute approximate surface area is 199 Å². The zero-order chi connectivity index (χ0) is 22.9. The van der Waals surface area contributed by atoms with E-state index in [2.05, 4.69) is 67.3 Å². The molecule has 0 N–H and O–H groups in total. The topological polar surface area (TPSA) is 30.9 Å². The van der Waals surface area contributed by atoms with Crippen LogP contribution in [0.25, 0.3) is 17.2 Å². The van der Waals surface area contributed by atoms with Gasteiger partial charge in [0.15, 0.2) is 0 Å². The van der Waals surface area contributed by atoms with Crippen LogP contribution in [0.3, 0.4) is 0 Å². The van der Waals surface area contributed by atoms with Crippen LogP contribution in [0.1, 0.15) is 51.5 Å². The highest BCUT2D eigenvalue weighted by Gasteiger charge is 2.21. The first-order valence-electron chi connectivity index (χ1n) is 12.7. The fraction of sp³-hybridized carbons (Fsp3) is 0.517. The number of nitrogens with zero attached hydrogens (tertiary/aromatic N) is 1. The predicted molar refractivity (Wildman–Crippen MR) is 137 cm³/mol. The van der Waals surface area contributed by atoms with Gasteiger partial charge < -0.3 is 19.1 Å². The molecule has 2 aliphatic heterocycles. The molecule has 33 heavy (non-hydrogen) atoms. The van der Waals surface area contributed by atoms with Crippen molar-refractivity contribution in [3.8, 4) is 16.9 Å². The van der Waals surface area contributed by atoms with E-state index in [1.807, 2.05) is 0 Å². The summed E-state index contributed by atoms with van der Waals surface area (Å²) in [5.41, 5.74) is 6.58. The lowest BCUT2D eigenvalue weighted by atomic mass is 9.99. The van der Waals surface area contributed by atoms with Gasteiger partial charge in [-0.15, -0.1) is 0 Å². The first-order chi connectivity index (χ1) is 16.2. The molecule has 2 aromatic carbocycles. The fourth-order valence-corrected chi connectivity index (χ4v) is 4.67. The number of rotatable bonds is 10. The molecule has 0 aliphatic carbocycles. The molecule has 1 unspecified atom stereocenters. The molecule has 0 amide bonds. The summed E-state index contributed by atoms with van der Waals surface area (Å²) in [7, 11) is 0. The molecule has 0 saturated carbocycles. The van der Waals surface area contributed by atoms with Crippen LogP contribution in [0.2, 0.25) is 0 Å². The number of hydrogen-bond acceptors (Lipinski definition) is 4. The lowest BCUT2D eigenvalue weighted by Gasteiger charge is -2.31. The van der Waals surface area contributed by atoms with Crippen molar-refractivity contribution in [2.75, 3.05) is 51.0 Å². The Morgan fingerprint density at radius 1 is 1.03 bits per heavy atom. The molecule has 178 valence electrons. The summed E-state index contributed by atoms with van der Waals surface area (Å²) in [5, 5.41) is 0. The fourth-order valence-electron chi connectivity index (χ4n) is 4.67. The third-order valence-corrected chi connectivity index (χ3v) is 6.61. The molecular formula is C29H39NO3. The maximum Gasteiger partial charge on any atom is 0.119 e. The van der Waals surface area contributed by atoms with Crippen molar-refractivity contribution in [2.45, 2.75) is 46.0 Å². The molecule has 4 heteroatoms. The lowest BCUT2D eigenvalue weighted by Crippen LogP contribution is -2.34. The molecule has 1 fully saturated rings. The quantitative estimate of drug-likeness (QED) is 0.383. The second kappa shape index (κ2) is 12.2. The number of unbranched alkanes of at least 4 members (excludes halogenated alkanes) is 1. The van der Waals surface area contributed by atoms with E-state index in [4.69, 9.17) is 14.2 Å². The summed E-state index contributed by atoms with van der Waals surface area (Å²) >= 11 is 0. The van der Waals surface area contributed by atoms with E-state index in [1.54, 1.807) is 0 Å². The minimum Gasteiger partial charge on any atom is -0.491 e. The van der Waals surface area contributed by atoms with Gasteiger partial charge in [-0.1, -0.05) is 43.2 Å². The Balaban J connectivity index is 1.42. The smallest absolute Gasteiger partial charge is 0.119 e. The molecule has 0 bridgehead atoms. The van der Waals surface area contributed by atoms with Gasteiger partial charge in [-0.2, -0.15) is 0 Å². The largest absolute Gasteiger partial charge is 0.491 e. The van der Waals surface area contributed by atoms with E-state index in [9.17, 15) is 0 Å². The lowest BCUT2D eigenvalue weighted by molar-refractivity contribution is 0.0573. The molecule has 1 atom stereocenters. The molecule has 0 spiro atoms. The van der Waals surface area contributed by atoms with Gasteiger partial charge in [-0.25, -0.2) is 0 Å². The molecular weight excluding hydrogens is 410 g/mol. The summed E-state index contributed by atoms with van der Waals surface area (Å²) in [6.45, 7) is 10.5. The number of anilines is 1. The normalized spacial score (nSPS) is 18.4.